The van der Waals surface area contributed by atoms with Crippen molar-refractivity contribution in [1.29, 1.82) is 0 Å². The van der Waals surface area contributed by atoms with Gasteiger partial charge in [-0.2, -0.15) is 0 Å². The summed E-state index contributed by atoms with van der Waals surface area (Å²) in [6.07, 6.45) is 6.42. The Hall–Kier alpha value is -2.87. The first-order valence-electron chi connectivity index (χ1n) is 11.4. The second-order valence-corrected chi connectivity index (χ2v) is 8.40. The van der Waals surface area contributed by atoms with Crippen molar-refractivity contribution in [2.24, 2.45) is 0 Å². The number of carboxylic acid groups (broad SMARTS) is 1. The third kappa shape index (κ3) is 5.88. The molecule has 1 aromatic heterocycles. The molecule has 174 valence electrons. The number of carbonyl (C=O) groups is 1. The summed E-state index contributed by atoms with van der Waals surface area (Å²) >= 11 is 0. The third-order valence-corrected chi connectivity index (χ3v) is 6.00. The molecular weight excluding hydrogens is 406 g/mol. The maximum absolute atomic E-state index is 11.4. The van der Waals surface area contributed by atoms with Gasteiger partial charge in [-0.3, -0.25) is 4.79 Å². The van der Waals surface area contributed by atoms with Crippen LogP contribution < -0.4 is 15.1 Å². The van der Waals surface area contributed by atoms with E-state index in [-0.39, 0.29) is 12.3 Å². The SMILES string of the molecule is CC[C@H](CC(=O)O)c1ccc(N(CC)C2CCOCC2)c(Nc2cnc(N(C)C)nc2)c1. The average molecular weight is 442 g/mol. The summed E-state index contributed by atoms with van der Waals surface area (Å²) in [5.74, 6) is -0.164. The summed E-state index contributed by atoms with van der Waals surface area (Å²) in [4.78, 5) is 24.5. The van der Waals surface area contributed by atoms with Crippen LogP contribution >= 0.6 is 0 Å². The van der Waals surface area contributed by atoms with Crippen LogP contribution in [0.4, 0.5) is 23.0 Å². The fourth-order valence-electron chi connectivity index (χ4n) is 4.26. The molecule has 0 aliphatic carbocycles. The molecule has 1 aliphatic heterocycles. The zero-order chi connectivity index (χ0) is 23.1. The molecule has 2 heterocycles. The topological polar surface area (TPSA) is 90.8 Å². The van der Waals surface area contributed by atoms with Crippen molar-refractivity contribution in [3.05, 3.63) is 36.2 Å². The highest BCUT2D eigenvalue weighted by Gasteiger charge is 2.24. The van der Waals surface area contributed by atoms with Gasteiger partial charge in [0, 0.05) is 39.9 Å². The van der Waals surface area contributed by atoms with E-state index in [0.29, 0.717) is 12.0 Å². The predicted octanol–water partition coefficient (Wildman–Crippen LogP) is 4.26. The number of carboxylic acids is 1. The van der Waals surface area contributed by atoms with E-state index in [1.165, 1.54) is 0 Å². The zero-order valence-corrected chi connectivity index (χ0v) is 19.5. The summed E-state index contributed by atoms with van der Waals surface area (Å²) in [6, 6.07) is 6.70. The van der Waals surface area contributed by atoms with Gasteiger partial charge in [-0.1, -0.05) is 13.0 Å². The van der Waals surface area contributed by atoms with Crippen LogP contribution in [0.5, 0.6) is 0 Å². The number of aliphatic carboxylic acids is 1. The first kappa shape index (κ1) is 23.8. The van der Waals surface area contributed by atoms with E-state index >= 15 is 0 Å². The van der Waals surface area contributed by atoms with E-state index in [2.05, 4.69) is 45.3 Å². The van der Waals surface area contributed by atoms with Gasteiger partial charge < -0.3 is 25.0 Å². The van der Waals surface area contributed by atoms with Crippen LogP contribution in [0, 0.1) is 0 Å². The minimum Gasteiger partial charge on any atom is -0.481 e. The Morgan fingerprint density at radius 2 is 1.91 bits per heavy atom. The Morgan fingerprint density at radius 3 is 2.47 bits per heavy atom. The van der Waals surface area contributed by atoms with Gasteiger partial charge in [0.2, 0.25) is 5.95 Å². The summed E-state index contributed by atoms with van der Waals surface area (Å²) < 4.78 is 5.57. The molecule has 0 radical (unpaired) electrons. The number of rotatable bonds is 10. The smallest absolute Gasteiger partial charge is 0.303 e. The first-order valence-corrected chi connectivity index (χ1v) is 11.4. The maximum Gasteiger partial charge on any atom is 0.303 e. The second-order valence-electron chi connectivity index (χ2n) is 8.40. The lowest BCUT2D eigenvalue weighted by atomic mass is 9.92. The molecule has 2 aromatic rings. The lowest BCUT2D eigenvalue weighted by molar-refractivity contribution is -0.137. The Balaban J connectivity index is 1.97. The quantitative estimate of drug-likeness (QED) is 0.565. The zero-order valence-electron chi connectivity index (χ0n) is 19.5. The standard InChI is InChI=1S/C24H35N5O3/c1-5-17(14-23(30)31)18-7-8-22(29(6-2)20-9-11-32-12-10-20)21(13-18)27-19-15-25-24(26-16-19)28(3)4/h7-8,13,15-17,20,27H,5-6,9-12,14H2,1-4H3,(H,30,31)/t17-/m1/s1. The summed E-state index contributed by atoms with van der Waals surface area (Å²) in [6.45, 7) is 6.63. The molecule has 8 heteroatoms. The van der Waals surface area contributed by atoms with Crippen LogP contribution in [0.3, 0.4) is 0 Å². The normalized spacial score (nSPS) is 15.2. The monoisotopic (exact) mass is 441 g/mol. The molecule has 2 N–H and O–H groups in total. The maximum atomic E-state index is 11.4. The number of anilines is 4. The average Bonchev–Trinajstić information content (AvgIpc) is 2.80. The minimum atomic E-state index is -0.777. The Kier molecular flexibility index (Phi) is 8.27. The molecule has 1 atom stereocenters. The molecule has 0 bridgehead atoms. The van der Waals surface area contributed by atoms with Crippen LogP contribution in [0.2, 0.25) is 0 Å². The lowest BCUT2D eigenvalue weighted by Crippen LogP contribution is -2.39. The number of nitrogens with one attached hydrogen (secondary N) is 1. The summed E-state index contributed by atoms with van der Waals surface area (Å²) in [5.41, 5.74) is 3.87. The van der Waals surface area contributed by atoms with Crippen molar-refractivity contribution in [2.45, 2.75) is 51.5 Å². The van der Waals surface area contributed by atoms with E-state index in [1.807, 2.05) is 25.9 Å². The van der Waals surface area contributed by atoms with Crippen LogP contribution in [0.1, 0.15) is 51.0 Å². The Morgan fingerprint density at radius 1 is 1.22 bits per heavy atom. The van der Waals surface area contributed by atoms with Gasteiger partial charge >= 0.3 is 5.97 Å². The van der Waals surface area contributed by atoms with E-state index in [9.17, 15) is 9.90 Å². The van der Waals surface area contributed by atoms with Gasteiger partial charge in [-0.15, -0.1) is 0 Å². The number of ether oxygens (including phenoxy) is 1. The molecule has 0 saturated carbocycles. The van der Waals surface area contributed by atoms with Crippen molar-refractivity contribution < 1.29 is 14.6 Å². The van der Waals surface area contributed by atoms with Crippen molar-refractivity contribution in [1.82, 2.24) is 9.97 Å². The fraction of sp³-hybridized carbons (Fsp3) is 0.542. The number of hydrogen-bond donors (Lipinski definition) is 2. The molecule has 8 nitrogen and oxygen atoms in total. The minimum absolute atomic E-state index is 0.0346. The third-order valence-electron chi connectivity index (χ3n) is 6.00. The molecule has 32 heavy (non-hydrogen) atoms. The van der Waals surface area contributed by atoms with Crippen molar-refractivity contribution in [2.75, 3.05) is 49.0 Å². The van der Waals surface area contributed by atoms with Gasteiger partial charge in [0.15, 0.2) is 0 Å². The fourth-order valence-corrected chi connectivity index (χ4v) is 4.26. The van der Waals surface area contributed by atoms with Crippen LogP contribution in [-0.4, -0.2) is 60.9 Å². The van der Waals surface area contributed by atoms with Crippen LogP contribution in [0.25, 0.3) is 0 Å². The summed E-state index contributed by atoms with van der Waals surface area (Å²) in [5, 5.41) is 12.8. The van der Waals surface area contributed by atoms with E-state index < -0.39 is 5.97 Å². The molecular formula is C24H35N5O3. The molecule has 0 unspecified atom stereocenters. The van der Waals surface area contributed by atoms with E-state index in [1.54, 1.807) is 12.4 Å². The highest BCUT2D eigenvalue weighted by molar-refractivity contribution is 5.77. The number of benzene rings is 1. The molecule has 1 aliphatic rings. The van der Waals surface area contributed by atoms with Crippen molar-refractivity contribution >= 4 is 29.0 Å². The van der Waals surface area contributed by atoms with Gasteiger partial charge in [-0.25, -0.2) is 9.97 Å². The Labute approximate surface area is 190 Å². The molecule has 1 aromatic carbocycles. The van der Waals surface area contributed by atoms with Crippen molar-refractivity contribution in [3.8, 4) is 0 Å². The molecule has 1 fully saturated rings. The predicted molar refractivity (Wildman–Crippen MR) is 128 cm³/mol. The molecule has 0 amide bonds. The number of hydrogen-bond acceptors (Lipinski definition) is 7. The number of nitrogens with zero attached hydrogens (tertiary/aromatic N) is 4. The lowest BCUT2D eigenvalue weighted by Gasteiger charge is -2.37. The van der Waals surface area contributed by atoms with E-state index in [0.717, 1.165) is 61.6 Å². The highest BCUT2D eigenvalue weighted by Crippen LogP contribution is 2.36. The van der Waals surface area contributed by atoms with Gasteiger partial charge in [0.05, 0.1) is 35.9 Å². The molecule has 0 spiro atoms. The van der Waals surface area contributed by atoms with Crippen molar-refractivity contribution in [3.63, 3.8) is 0 Å². The highest BCUT2D eigenvalue weighted by atomic mass is 16.5. The Bertz CT molecular complexity index is 882. The second kappa shape index (κ2) is 11.1. The van der Waals surface area contributed by atoms with Gasteiger partial charge in [0.25, 0.3) is 0 Å². The molecule has 3 rings (SSSR count). The largest absolute Gasteiger partial charge is 0.481 e. The molecule has 1 saturated heterocycles. The van der Waals surface area contributed by atoms with Crippen LogP contribution in [0.15, 0.2) is 30.6 Å². The summed E-state index contributed by atoms with van der Waals surface area (Å²) in [7, 11) is 3.81. The van der Waals surface area contributed by atoms with Crippen LogP contribution in [-0.2, 0) is 9.53 Å². The van der Waals surface area contributed by atoms with Gasteiger partial charge in [-0.05, 0) is 49.8 Å². The van der Waals surface area contributed by atoms with E-state index in [4.69, 9.17) is 4.74 Å². The first-order chi connectivity index (χ1) is 15.4. The number of aromatic nitrogens is 2. The van der Waals surface area contributed by atoms with Gasteiger partial charge in [0.1, 0.15) is 0 Å².